The Morgan fingerprint density at radius 1 is 0.522 bits per heavy atom. The minimum absolute atomic E-state index is 0. The van der Waals surface area contributed by atoms with Gasteiger partial charge in [0.05, 0.1) is 0 Å². The molecule has 2 aromatic rings. The molecule has 0 heterocycles. The quantitative estimate of drug-likeness (QED) is 0.550. The summed E-state index contributed by atoms with van der Waals surface area (Å²) in [5, 5.41) is 0. The monoisotopic (exact) mass is 312 g/mol. The van der Waals surface area contributed by atoms with Crippen molar-refractivity contribution in [3.63, 3.8) is 0 Å². The number of hydrogen-bond acceptors (Lipinski definition) is 0. The first-order chi connectivity index (χ1) is 10.2. The van der Waals surface area contributed by atoms with Gasteiger partial charge in [0.2, 0.25) is 0 Å². The zero-order chi connectivity index (χ0) is 16.6. The zero-order valence-electron chi connectivity index (χ0n) is 15.2. The highest BCUT2D eigenvalue weighted by molar-refractivity contribution is 5.16. The topological polar surface area (TPSA) is 0 Å². The van der Waals surface area contributed by atoms with Crippen molar-refractivity contribution in [1.82, 2.24) is 0 Å². The Balaban J connectivity index is 0.000000403. The van der Waals surface area contributed by atoms with Gasteiger partial charge >= 0.3 is 0 Å². The molecule has 0 heteroatoms. The first-order valence-corrected chi connectivity index (χ1v) is 8.24. The third-order valence-corrected chi connectivity index (χ3v) is 3.15. The summed E-state index contributed by atoms with van der Waals surface area (Å²) in [6.07, 6.45) is 2.32. The number of benzene rings is 2. The molecule has 0 saturated heterocycles. The van der Waals surface area contributed by atoms with Crippen molar-refractivity contribution >= 4 is 0 Å². The Morgan fingerprint density at radius 3 is 1.00 bits per heavy atom. The second-order valence-corrected chi connectivity index (χ2v) is 8.45. The smallest absolute Gasteiger partial charge is 0.0230 e. The van der Waals surface area contributed by atoms with Crippen molar-refractivity contribution in [1.29, 1.82) is 0 Å². The molecule has 0 aromatic heterocycles. The van der Waals surface area contributed by atoms with Crippen LogP contribution in [0.15, 0.2) is 60.7 Å². The lowest BCUT2D eigenvalue weighted by atomic mass is 9.88. The Hall–Kier alpha value is -1.56. The Labute approximate surface area is 145 Å². The maximum atomic E-state index is 2.26. The van der Waals surface area contributed by atoms with Crippen LogP contribution in [0, 0.1) is 10.8 Å². The average molecular weight is 313 g/mol. The van der Waals surface area contributed by atoms with Crippen molar-refractivity contribution in [3.05, 3.63) is 71.8 Å². The summed E-state index contributed by atoms with van der Waals surface area (Å²) < 4.78 is 0. The highest BCUT2D eigenvalue weighted by atomic mass is 14.2. The van der Waals surface area contributed by atoms with E-state index in [0.29, 0.717) is 10.8 Å². The van der Waals surface area contributed by atoms with Gasteiger partial charge in [-0.15, -0.1) is 0 Å². The van der Waals surface area contributed by atoms with Crippen molar-refractivity contribution in [2.75, 3.05) is 0 Å². The van der Waals surface area contributed by atoms with Gasteiger partial charge in [-0.25, -0.2) is 0 Å². The van der Waals surface area contributed by atoms with Crippen LogP contribution in [0.1, 0.15) is 60.1 Å². The molecule has 0 fully saturated rings. The largest absolute Gasteiger partial charge is 0.0776 e. The highest BCUT2D eigenvalue weighted by Crippen LogP contribution is 2.20. The summed E-state index contributed by atoms with van der Waals surface area (Å²) in [7, 11) is 0. The van der Waals surface area contributed by atoms with E-state index in [0.717, 1.165) is 12.8 Å². The van der Waals surface area contributed by atoms with E-state index >= 15 is 0 Å². The van der Waals surface area contributed by atoms with Crippen LogP contribution in [0.3, 0.4) is 0 Å². The van der Waals surface area contributed by atoms with Crippen molar-refractivity contribution in [2.45, 2.75) is 61.8 Å². The fraction of sp³-hybridized carbons (Fsp3) is 0.478. The lowest BCUT2D eigenvalue weighted by molar-refractivity contribution is 0.411. The molecule has 0 aliphatic rings. The van der Waals surface area contributed by atoms with Crippen LogP contribution in [0.25, 0.3) is 0 Å². The normalized spacial score (nSPS) is 11.0. The van der Waals surface area contributed by atoms with Gasteiger partial charge in [-0.2, -0.15) is 0 Å². The lowest BCUT2D eigenvalue weighted by Gasteiger charge is -2.17. The molecule has 0 aliphatic carbocycles. The first kappa shape index (κ1) is 21.4. The fourth-order valence-electron chi connectivity index (χ4n) is 2.42. The van der Waals surface area contributed by atoms with Crippen LogP contribution < -0.4 is 0 Å². The molecule has 0 saturated carbocycles. The number of rotatable bonds is 2. The van der Waals surface area contributed by atoms with Crippen molar-refractivity contribution in [3.8, 4) is 0 Å². The minimum atomic E-state index is 0. The molecule has 0 radical (unpaired) electrons. The lowest BCUT2D eigenvalue weighted by Crippen LogP contribution is -2.08. The van der Waals surface area contributed by atoms with Gasteiger partial charge in [0.1, 0.15) is 0 Å². The molecule has 0 amide bonds. The second-order valence-electron chi connectivity index (χ2n) is 8.45. The molecule has 2 rings (SSSR count). The molecule has 128 valence electrons. The molecule has 0 N–H and O–H groups in total. The molecule has 0 nitrogen and oxygen atoms in total. The van der Waals surface area contributed by atoms with Gasteiger partial charge in [0, 0.05) is 0 Å². The predicted octanol–water partition coefficient (Wildman–Crippen LogP) is 7.19. The SMILES string of the molecule is C.CC(C)(C)Cc1ccccc1.CC(C)(C)Cc1ccccc1. The van der Waals surface area contributed by atoms with Gasteiger partial charge in [0.25, 0.3) is 0 Å². The van der Waals surface area contributed by atoms with Gasteiger partial charge in [-0.05, 0) is 34.8 Å². The summed E-state index contributed by atoms with van der Waals surface area (Å²) in [6, 6.07) is 21.3. The van der Waals surface area contributed by atoms with E-state index in [9.17, 15) is 0 Å². The van der Waals surface area contributed by atoms with Crippen LogP contribution in [0.5, 0.6) is 0 Å². The van der Waals surface area contributed by atoms with Crippen LogP contribution in [-0.4, -0.2) is 0 Å². The van der Waals surface area contributed by atoms with Gasteiger partial charge in [-0.3, -0.25) is 0 Å². The molecular weight excluding hydrogens is 276 g/mol. The van der Waals surface area contributed by atoms with E-state index in [-0.39, 0.29) is 7.43 Å². The molecule has 0 aliphatic heterocycles. The molecule has 0 unspecified atom stereocenters. The van der Waals surface area contributed by atoms with E-state index in [1.165, 1.54) is 11.1 Å². The summed E-state index contributed by atoms with van der Waals surface area (Å²) in [5.41, 5.74) is 3.67. The molecular formula is C23H36. The highest BCUT2D eigenvalue weighted by Gasteiger charge is 2.10. The van der Waals surface area contributed by atoms with E-state index in [1.54, 1.807) is 0 Å². The van der Waals surface area contributed by atoms with Crippen molar-refractivity contribution < 1.29 is 0 Å². The van der Waals surface area contributed by atoms with E-state index in [4.69, 9.17) is 0 Å². The summed E-state index contributed by atoms with van der Waals surface area (Å²) in [6.45, 7) is 13.6. The van der Waals surface area contributed by atoms with Crippen LogP contribution in [0.2, 0.25) is 0 Å². The van der Waals surface area contributed by atoms with Gasteiger partial charge in [0.15, 0.2) is 0 Å². The van der Waals surface area contributed by atoms with E-state index in [2.05, 4.69) is 102 Å². The van der Waals surface area contributed by atoms with Gasteiger partial charge < -0.3 is 0 Å². The molecule has 0 bridgehead atoms. The third-order valence-electron chi connectivity index (χ3n) is 3.15. The van der Waals surface area contributed by atoms with Crippen LogP contribution in [-0.2, 0) is 12.8 Å². The maximum Gasteiger partial charge on any atom is -0.0230 e. The molecule has 0 spiro atoms. The third kappa shape index (κ3) is 11.6. The molecule has 23 heavy (non-hydrogen) atoms. The standard InChI is InChI=1S/2C11H16.CH4/c2*1-11(2,3)9-10-7-5-4-6-8-10;/h2*4-8H,9H2,1-3H3;1H4. The fourth-order valence-corrected chi connectivity index (χ4v) is 2.42. The Bertz CT molecular complexity index is 458. The summed E-state index contributed by atoms with van der Waals surface area (Å²) in [4.78, 5) is 0. The zero-order valence-corrected chi connectivity index (χ0v) is 15.2. The van der Waals surface area contributed by atoms with Crippen LogP contribution in [0.4, 0.5) is 0 Å². The van der Waals surface area contributed by atoms with Crippen molar-refractivity contribution in [2.24, 2.45) is 10.8 Å². The Kier molecular flexibility index (Phi) is 8.90. The summed E-state index contributed by atoms with van der Waals surface area (Å²) in [5.74, 6) is 0. The van der Waals surface area contributed by atoms with Crippen LogP contribution >= 0.6 is 0 Å². The maximum absolute atomic E-state index is 2.26. The number of hydrogen-bond donors (Lipinski definition) is 0. The minimum Gasteiger partial charge on any atom is -0.0776 e. The van der Waals surface area contributed by atoms with Gasteiger partial charge in [-0.1, -0.05) is 110 Å². The Morgan fingerprint density at radius 2 is 0.783 bits per heavy atom. The van der Waals surface area contributed by atoms with E-state index < -0.39 is 0 Å². The van der Waals surface area contributed by atoms with E-state index in [1.807, 2.05) is 0 Å². The molecule has 2 aromatic carbocycles. The predicted molar refractivity (Wildman–Crippen MR) is 106 cm³/mol. The second kappa shape index (κ2) is 9.55. The first-order valence-electron chi connectivity index (χ1n) is 8.24. The molecule has 0 atom stereocenters. The summed E-state index contributed by atoms with van der Waals surface area (Å²) >= 11 is 0. The average Bonchev–Trinajstić information content (AvgIpc) is 2.38.